The number of fused-ring (bicyclic) bond motifs is 1. The van der Waals surface area contributed by atoms with E-state index in [0.717, 1.165) is 30.3 Å². The summed E-state index contributed by atoms with van der Waals surface area (Å²) in [6, 6.07) is 6.05. The molecule has 0 aliphatic carbocycles. The number of rotatable bonds is 4. The van der Waals surface area contributed by atoms with Crippen molar-refractivity contribution in [3.63, 3.8) is 0 Å². The van der Waals surface area contributed by atoms with Crippen molar-refractivity contribution in [2.45, 2.75) is 32.7 Å². The number of benzene rings is 1. The molecule has 0 saturated carbocycles. The van der Waals surface area contributed by atoms with E-state index in [9.17, 15) is 0 Å². The lowest BCUT2D eigenvalue weighted by Crippen LogP contribution is -2.15. The van der Waals surface area contributed by atoms with Gasteiger partial charge in [-0.3, -0.25) is 0 Å². The molecular formula is C15H18ClN3O2. The molecule has 2 heterocycles. The van der Waals surface area contributed by atoms with Crippen LogP contribution in [0.5, 0.6) is 11.5 Å². The Morgan fingerprint density at radius 1 is 1.19 bits per heavy atom. The molecule has 0 fully saturated rings. The topological polar surface area (TPSA) is 49.2 Å². The molecule has 6 heteroatoms. The maximum atomic E-state index is 6.12. The molecule has 0 amide bonds. The molecule has 0 saturated heterocycles. The minimum Gasteiger partial charge on any atom is -0.486 e. The van der Waals surface area contributed by atoms with Gasteiger partial charge in [-0.15, -0.1) is 10.2 Å². The van der Waals surface area contributed by atoms with Crippen molar-refractivity contribution in [2.24, 2.45) is 0 Å². The van der Waals surface area contributed by atoms with E-state index < -0.39 is 0 Å². The fraction of sp³-hybridized carbons (Fsp3) is 0.467. The minimum atomic E-state index is 0.297. The Morgan fingerprint density at radius 2 is 1.95 bits per heavy atom. The molecule has 1 aromatic heterocycles. The Balaban J connectivity index is 1.75. The highest BCUT2D eigenvalue weighted by Crippen LogP contribution is 2.31. The molecule has 1 aromatic carbocycles. The summed E-state index contributed by atoms with van der Waals surface area (Å²) in [6.45, 7) is 6.13. The van der Waals surface area contributed by atoms with Crippen molar-refractivity contribution in [3.05, 3.63) is 34.9 Å². The predicted octanol–water partition coefficient (Wildman–Crippen LogP) is 3.07. The maximum absolute atomic E-state index is 6.12. The third-order valence-corrected chi connectivity index (χ3v) is 3.76. The largest absolute Gasteiger partial charge is 0.486 e. The minimum absolute atomic E-state index is 0.297. The van der Waals surface area contributed by atoms with Gasteiger partial charge in [0.1, 0.15) is 19.0 Å². The Labute approximate surface area is 128 Å². The molecular weight excluding hydrogens is 290 g/mol. The molecule has 5 nitrogen and oxygen atoms in total. The summed E-state index contributed by atoms with van der Waals surface area (Å²) in [5.41, 5.74) is 1.18. The second-order valence-corrected chi connectivity index (χ2v) is 5.70. The van der Waals surface area contributed by atoms with Crippen LogP contribution in [0.3, 0.4) is 0 Å². The monoisotopic (exact) mass is 307 g/mol. The number of aromatic nitrogens is 3. The molecule has 0 spiro atoms. The van der Waals surface area contributed by atoms with Crippen LogP contribution in [-0.4, -0.2) is 28.0 Å². The van der Waals surface area contributed by atoms with Crippen LogP contribution in [0.15, 0.2) is 18.2 Å². The molecule has 1 aliphatic rings. The predicted molar refractivity (Wildman–Crippen MR) is 80.3 cm³/mol. The normalized spacial score (nSPS) is 13.7. The highest BCUT2D eigenvalue weighted by Gasteiger charge is 2.15. The van der Waals surface area contributed by atoms with Gasteiger partial charge in [0.25, 0.3) is 0 Å². The van der Waals surface area contributed by atoms with Crippen LogP contribution < -0.4 is 9.47 Å². The van der Waals surface area contributed by atoms with E-state index in [1.165, 1.54) is 5.56 Å². The smallest absolute Gasteiger partial charge is 0.225 e. The van der Waals surface area contributed by atoms with Crippen LogP contribution in [0.2, 0.25) is 5.28 Å². The summed E-state index contributed by atoms with van der Waals surface area (Å²) in [5, 5.41) is 8.53. The first-order chi connectivity index (χ1) is 10.1. The number of nitrogens with zero attached hydrogens (tertiary/aromatic N) is 3. The molecule has 2 aromatic rings. The van der Waals surface area contributed by atoms with E-state index in [-0.39, 0.29) is 0 Å². The summed E-state index contributed by atoms with van der Waals surface area (Å²) in [4.78, 5) is 0. The van der Waals surface area contributed by atoms with Gasteiger partial charge in [0, 0.05) is 12.5 Å². The summed E-state index contributed by atoms with van der Waals surface area (Å²) in [7, 11) is 0. The van der Waals surface area contributed by atoms with Gasteiger partial charge in [-0.2, -0.15) is 0 Å². The van der Waals surface area contributed by atoms with Crippen LogP contribution >= 0.6 is 11.6 Å². The molecule has 0 atom stereocenters. The van der Waals surface area contributed by atoms with Gasteiger partial charge in [0.15, 0.2) is 11.5 Å². The molecule has 0 radical (unpaired) electrons. The summed E-state index contributed by atoms with van der Waals surface area (Å²) >= 11 is 6.12. The van der Waals surface area contributed by atoms with Crippen molar-refractivity contribution >= 4 is 11.6 Å². The average Bonchev–Trinajstić information content (AvgIpc) is 2.86. The zero-order valence-corrected chi connectivity index (χ0v) is 12.9. The van der Waals surface area contributed by atoms with E-state index >= 15 is 0 Å². The van der Waals surface area contributed by atoms with Crippen LogP contribution in [0.25, 0.3) is 0 Å². The number of aryl methyl sites for hydroxylation is 1. The van der Waals surface area contributed by atoms with Crippen LogP contribution in [0.1, 0.15) is 31.2 Å². The number of hydrogen-bond acceptors (Lipinski definition) is 4. The standard InChI is InChI=1S/C15H18ClN3O2/c1-10(2)14-17-18-15(16)19(14)6-5-11-3-4-12-13(9-11)21-8-7-20-12/h3-4,9-10H,5-8H2,1-2H3. The quantitative estimate of drug-likeness (QED) is 0.871. The van der Waals surface area contributed by atoms with E-state index in [0.29, 0.717) is 24.4 Å². The van der Waals surface area contributed by atoms with E-state index in [4.69, 9.17) is 21.1 Å². The first-order valence-corrected chi connectivity index (χ1v) is 7.50. The van der Waals surface area contributed by atoms with Gasteiger partial charge in [0.2, 0.25) is 5.28 Å². The van der Waals surface area contributed by atoms with Gasteiger partial charge >= 0.3 is 0 Å². The lowest BCUT2D eigenvalue weighted by atomic mass is 10.1. The zero-order valence-electron chi connectivity index (χ0n) is 12.2. The van der Waals surface area contributed by atoms with Crippen LogP contribution in [0.4, 0.5) is 0 Å². The van der Waals surface area contributed by atoms with Crippen molar-refractivity contribution < 1.29 is 9.47 Å². The van der Waals surface area contributed by atoms with Gasteiger partial charge in [0.05, 0.1) is 0 Å². The maximum Gasteiger partial charge on any atom is 0.225 e. The first kappa shape index (κ1) is 14.2. The Bertz CT molecular complexity index is 640. The van der Waals surface area contributed by atoms with Crippen LogP contribution in [0, 0.1) is 0 Å². The highest BCUT2D eigenvalue weighted by atomic mass is 35.5. The van der Waals surface area contributed by atoms with Crippen LogP contribution in [-0.2, 0) is 13.0 Å². The molecule has 0 N–H and O–H groups in total. The SMILES string of the molecule is CC(C)c1nnc(Cl)n1CCc1ccc2c(c1)OCCO2. The van der Waals surface area contributed by atoms with Gasteiger partial charge < -0.3 is 14.0 Å². The third-order valence-electron chi connectivity index (χ3n) is 3.48. The molecule has 0 bridgehead atoms. The zero-order chi connectivity index (χ0) is 14.8. The van der Waals surface area contributed by atoms with Gasteiger partial charge in [-0.25, -0.2) is 0 Å². The molecule has 21 heavy (non-hydrogen) atoms. The Kier molecular flexibility index (Phi) is 4.01. The fourth-order valence-corrected chi connectivity index (χ4v) is 2.62. The molecule has 1 aliphatic heterocycles. The number of hydrogen-bond donors (Lipinski definition) is 0. The van der Waals surface area contributed by atoms with E-state index in [1.54, 1.807) is 0 Å². The Morgan fingerprint density at radius 3 is 2.71 bits per heavy atom. The van der Waals surface area contributed by atoms with E-state index in [2.05, 4.69) is 30.1 Å². The summed E-state index contributed by atoms with van der Waals surface area (Å²) < 4.78 is 13.1. The fourth-order valence-electron chi connectivity index (χ4n) is 2.41. The first-order valence-electron chi connectivity index (χ1n) is 7.12. The van der Waals surface area contributed by atoms with E-state index in [1.807, 2.05) is 16.7 Å². The van der Waals surface area contributed by atoms with Gasteiger partial charge in [-0.1, -0.05) is 19.9 Å². The lowest BCUT2D eigenvalue weighted by Gasteiger charge is -2.19. The number of halogens is 1. The third kappa shape index (κ3) is 2.97. The second kappa shape index (κ2) is 5.93. The summed E-state index contributed by atoms with van der Waals surface area (Å²) in [6.07, 6.45) is 0.841. The number of ether oxygens (including phenoxy) is 2. The van der Waals surface area contributed by atoms with Crippen molar-refractivity contribution in [1.29, 1.82) is 0 Å². The summed E-state index contributed by atoms with van der Waals surface area (Å²) in [5.74, 6) is 2.84. The Hall–Kier alpha value is -1.75. The lowest BCUT2D eigenvalue weighted by molar-refractivity contribution is 0.171. The molecule has 3 rings (SSSR count). The van der Waals surface area contributed by atoms with Crippen molar-refractivity contribution in [1.82, 2.24) is 14.8 Å². The highest BCUT2D eigenvalue weighted by molar-refractivity contribution is 6.28. The van der Waals surface area contributed by atoms with Crippen molar-refractivity contribution in [2.75, 3.05) is 13.2 Å². The van der Waals surface area contributed by atoms with Gasteiger partial charge in [-0.05, 0) is 35.7 Å². The molecule has 112 valence electrons. The molecule has 0 unspecified atom stereocenters. The average molecular weight is 308 g/mol. The second-order valence-electron chi connectivity index (χ2n) is 5.36. The van der Waals surface area contributed by atoms with Crippen molar-refractivity contribution in [3.8, 4) is 11.5 Å².